The Morgan fingerprint density at radius 2 is 1.63 bits per heavy atom. The third kappa shape index (κ3) is 4.13. The summed E-state index contributed by atoms with van der Waals surface area (Å²) in [6.07, 6.45) is 1.86. The Morgan fingerprint density at radius 3 is 2.37 bits per heavy atom. The highest BCUT2D eigenvalue weighted by molar-refractivity contribution is 8.04. The number of carbonyl (C=O) groups is 1. The van der Waals surface area contributed by atoms with E-state index in [1.54, 1.807) is 0 Å². The van der Waals surface area contributed by atoms with Crippen molar-refractivity contribution >= 4 is 46.3 Å². The van der Waals surface area contributed by atoms with Crippen molar-refractivity contribution in [1.82, 2.24) is 9.97 Å². The average molecular weight is 391 g/mol. The van der Waals surface area contributed by atoms with Crippen LogP contribution in [0.5, 0.6) is 0 Å². The molecule has 1 aromatic heterocycles. The summed E-state index contributed by atoms with van der Waals surface area (Å²) in [5, 5.41) is 1.34. The van der Waals surface area contributed by atoms with Gasteiger partial charge in [-0.25, -0.2) is 4.98 Å². The molecule has 27 heavy (non-hydrogen) atoms. The number of carbonyl (C=O) groups excluding carboxylic acids is 1. The summed E-state index contributed by atoms with van der Waals surface area (Å²) in [4.78, 5) is 21.5. The number of benzene rings is 3. The largest absolute Gasteiger partial charge is 0.333 e. The molecule has 0 amide bonds. The number of thioether (sulfide) groups is 1. The summed E-state index contributed by atoms with van der Waals surface area (Å²) >= 11 is 7.30. The Balaban J connectivity index is 1.72. The van der Waals surface area contributed by atoms with Gasteiger partial charge in [0.05, 0.1) is 15.9 Å². The van der Waals surface area contributed by atoms with Gasteiger partial charge >= 0.3 is 0 Å². The molecule has 3 aromatic carbocycles. The predicted octanol–water partition coefficient (Wildman–Crippen LogP) is 6.23. The zero-order valence-electron chi connectivity index (χ0n) is 14.2. The molecule has 1 N–H and O–H groups in total. The van der Waals surface area contributed by atoms with Crippen LogP contribution in [-0.2, 0) is 0 Å². The Morgan fingerprint density at radius 1 is 0.926 bits per heavy atom. The quantitative estimate of drug-likeness (QED) is 0.249. The van der Waals surface area contributed by atoms with Crippen molar-refractivity contribution in [3.05, 3.63) is 99.9 Å². The minimum atomic E-state index is -0.0454. The van der Waals surface area contributed by atoms with E-state index in [9.17, 15) is 4.79 Å². The van der Waals surface area contributed by atoms with Crippen molar-refractivity contribution in [2.45, 2.75) is 5.16 Å². The van der Waals surface area contributed by atoms with Crippen molar-refractivity contribution in [3.8, 4) is 0 Å². The van der Waals surface area contributed by atoms with Gasteiger partial charge in [-0.15, -0.1) is 0 Å². The number of ketones is 1. The molecule has 0 unspecified atom stereocenters. The van der Waals surface area contributed by atoms with E-state index in [-0.39, 0.29) is 5.78 Å². The molecule has 3 nitrogen and oxygen atoms in total. The van der Waals surface area contributed by atoms with Crippen molar-refractivity contribution < 1.29 is 4.79 Å². The van der Waals surface area contributed by atoms with Crippen molar-refractivity contribution in [1.29, 1.82) is 0 Å². The Kier molecular flexibility index (Phi) is 5.10. The van der Waals surface area contributed by atoms with Crippen LogP contribution in [0.4, 0.5) is 0 Å². The molecular formula is C22H15ClN2OS. The number of nitrogens with one attached hydrogen (secondary N) is 1. The summed E-state index contributed by atoms with van der Waals surface area (Å²) < 4.78 is 0. The molecule has 4 rings (SSSR count). The fraction of sp³-hybridized carbons (Fsp3) is 0. The SMILES string of the molecule is O=C(/C(=C\c1ccc(Cl)cc1)Sc1nc2ccccc2[nH]1)c1ccccc1. The van der Waals surface area contributed by atoms with Crippen molar-refractivity contribution in [3.63, 3.8) is 0 Å². The van der Waals surface area contributed by atoms with Crippen LogP contribution in [0.3, 0.4) is 0 Å². The molecule has 1 heterocycles. The number of hydrogen-bond donors (Lipinski definition) is 1. The minimum absolute atomic E-state index is 0.0454. The molecule has 5 heteroatoms. The summed E-state index contributed by atoms with van der Waals surface area (Å²) in [5.74, 6) is -0.0454. The molecule has 0 spiro atoms. The van der Waals surface area contributed by atoms with Gasteiger partial charge in [-0.1, -0.05) is 66.2 Å². The van der Waals surface area contributed by atoms with E-state index in [4.69, 9.17) is 11.6 Å². The molecule has 4 aromatic rings. The number of Topliss-reactive ketones (excluding diaryl/α,β-unsaturated/α-hetero) is 1. The number of halogens is 1. The van der Waals surface area contributed by atoms with Crippen LogP contribution in [0.2, 0.25) is 5.02 Å². The molecular weight excluding hydrogens is 376 g/mol. The fourth-order valence-corrected chi connectivity index (χ4v) is 3.71. The average Bonchev–Trinajstić information content (AvgIpc) is 3.11. The predicted molar refractivity (Wildman–Crippen MR) is 112 cm³/mol. The van der Waals surface area contributed by atoms with E-state index < -0.39 is 0 Å². The van der Waals surface area contributed by atoms with E-state index in [0.717, 1.165) is 16.6 Å². The maximum Gasteiger partial charge on any atom is 0.199 e. The lowest BCUT2D eigenvalue weighted by atomic mass is 10.1. The first-order valence-electron chi connectivity index (χ1n) is 8.39. The topological polar surface area (TPSA) is 45.8 Å². The van der Waals surface area contributed by atoms with Crippen LogP contribution >= 0.6 is 23.4 Å². The Bertz CT molecular complexity index is 1080. The van der Waals surface area contributed by atoms with Gasteiger partial charge in [0, 0.05) is 10.6 Å². The smallest absolute Gasteiger partial charge is 0.199 e. The normalized spacial score (nSPS) is 11.7. The zero-order valence-corrected chi connectivity index (χ0v) is 15.8. The Labute approximate surface area is 166 Å². The highest BCUT2D eigenvalue weighted by atomic mass is 35.5. The van der Waals surface area contributed by atoms with Gasteiger partial charge in [0.25, 0.3) is 0 Å². The van der Waals surface area contributed by atoms with Gasteiger partial charge in [0.1, 0.15) is 0 Å². The summed E-state index contributed by atoms with van der Waals surface area (Å²) in [7, 11) is 0. The lowest BCUT2D eigenvalue weighted by molar-refractivity contribution is 0.104. The van der Waals surface area contributed by atoms with Crippen LogP contribution < -0.4 is 0 Å². The highest BCUT2D eigenvalue weighted by Crippen LogP contribution is 2.30. The van der Waals surface area contributed by atoms with Crippen LogP contribution in [0.15, 0.2) is 88.9 Å². The van der Waals surface area contributed by atoms with E-state index in [2.05, 4.69) is 9.97 Å². The second-order valence-electron chi connectivity index (χ2n) is 5.92. The van der Waals surface area contributed by atoms with Crippen LogP contribution in [0.1, 0.15) is 15.9 Å². The zero-order chi connectivity index (χ0) is 18.6. The minimum Gasteiger partial charge on any atom is -0.333 e. The van der Waals surface area contributed by atoms with E-state index >= 15 is 0 Å². The number of imidazole rings is 1. The Hall–Kier alpha value is -2.82. The van der Waals surface area contributed by atoms with Crippen molar-refractivity contribution in [2.75, 3.05) is 0 Å². The second kappa shape index (κ2) is 7.82. The van der Waals surface area contributed by atoms with Gasteiger partial charge < -0.3 is 4.98 Å². The molecule has 0 atom stereocenters. The van der Waals surface area contributed by atoms with Gasteiger partial charge in [-0.3, -0.25) is 4.79 Å². The van der Waals surface area contributed by atoms with Crippen LogP contribution in [0.25, 0.3) is 17.1 Å². The number of nitrogens with zero attached hydrogens (tertiary/aromatic N) is 1. The lowest BCUT2D eigenvalue weighted by Crippen LogP contribution is -2.01. The summed E-state index contributed by atoms with van der Waals surface area (Å²) in [6, 6.07) is 24.4. The number of H-pyrrole nitrogens is 1. The van der Waals surface area contributed by atoms with Gasteiger partial charge in [0.15, 0.2) is 10.9 Å². The number of fused-ring (bicyclic) bond motifs is 1. The van der Waals surface area contributed by atoms with E-state index in [1.165, 1.54) is 11.8 Å². The number of aromatic nitrogens is 2. The first-order chi connectivity index (χ1) is 13.2. The fourth-order valence-electron chi connectivity index (χ4n) is 2.67. The van der Waals surface area contributed by atoms with Gasteiger partial charge in [0.2, 0.25) is 0 Å². The molecule has 132 valence electrons. The number of hydrogen-bond acceptors (Lipinski definition) is 3. The number of para-hydroxylation sites is 2. The van der Waals surface area contributed by atoms with Crippen LogP contribution in [-0.4, -0.2) is 15.8 Å². The molecule has 0 radical (unpaired) electrons. The highest BCUT2D eigenvalue weighted by Gasteiger charge is 2.16. The monoisotopic (exact) mass is 390 g/mol. The first-order valence-corrected chi connectivity index (χ1v) is 9.58. The van der Waals surface area contributed by atoms with Crippen molar-refractivity contribution in [2.24, 2.45) is 0 Å². The maximum absolute atomic E-state index is 13.1. The molecule has 0 aliphatic heterocycles. The molecule has 0 aliphatic carbocycles. The van der Waals surface area contributed by atoms with Gasteiger partial charge in [-0.05, 0) is 47.7 Å². The number of aromatic amines is 1. The molecule has 0 aliphatic rings. The summed E-state index contributed by atoms with van der Waals surface area (Å²) in [6.45, 7) is 0. The summed E-state index contributed by atoms with van der Waals surface area (Å²) in [5.41, 5.74) is 3.36. The van der Waals surface area contributed by atoms with Crippen LogP contribution in [0, 0.1) is 0 Å². The first kappa shape index (κ1) is 17.6. The maximum atomic E-state index is 13.1. The molecule has 0 bridgehead atoms. The number of rotatable bonds is 5. The lowest BCUT2D eigenvalue weighted by Gasteiger charge is -2.06. The van der Waals surface area contributed by atoms with E-state index in [0.29, 0.717) is 20.6 Å². The third-order valence-corrected chi connectivity index (χ3v) is 5.16. The molecule has 0 saturated carbocycles. The number of allylic oxidation sites excluding steroid dienone is 1. The molecule has 0 saturated heterocycles. The third-order valence-electron chi connectivity index (χ3n) is 4.00. The standard InChI is InChI=1S/C22H15ClN2OS/c23-17-12-10-15(11-13-17)14-20(21(26)16-6-2-1-3-7-16)27-22-24-18-8-4-5-9-19(18)25-22/h1-14H,(H,24,25)/b20-14+. The molecule has 0 fully saturated rings. The van der Waals surface area contributed by atoms with Gasteiger partial charge in [-0.2, -0.15) is 0 Å². The van der Waals surface area contributed by atoms with E-state index in [1.807, 2.05) is 84.9 Å². The second-order valence-corrected chi connectivity index (χ2v) is 7.38.